The molecule has 0 aromatic rings. The highest BCUT2D eigenvalue weighted by atomic mass is 35.5. The Kier molecular flexibility index (Phi) is 3.55. The second kappa shape index (κ2) is 3.91. The van der Waals surface area contributed by atoms with Gasteiger partial charge in [0.15, 0.2) is 0 Å². The number of halogens is 4. The van der Waals surface area contributed by atoms with Gasteiger partial charge in [0.05, 0.1) is 20.8 Å². The molecule has 0 aromatic carbocycles. The van der Waals surface area contributed by atoms with Crippen LogP contribution in [0.1, 0.15) is 0 Å². The van der Waals surface area contributed by atoms with Crippen molar-refractivity contribution in [2.75, 3.05) is 0 Å². The third kappa shape index (κ3) is 1.69. The molecule has 4 unspecified atom stereocenters. The van der Waals surface area contributed by atoms with E-state index in [1.807, 2.05) is 0 Å². The first kappa shape index (κ1) is 10.9. The van der Waals surface area contributed by atoms with Crippen LogP contribution in [-0.2, 0) is 0 Å². The molecule has 0 aromatic heterocycles. The lowest BCUT2D eigenvalue weighted by atomic mass is 10.0. The average Bonchev–Trinajstić information content (AvgIpc) is 2.08. The quantitative estimate of drug-likeness (QED) is 0.643. The highest BCUT2D eigenvalue weighted by molar-refractivity contribution is 6.42. The SMILES string of the molecule is OC1C(Cl)=C(Cl)C(O)C(Cl)C1Cl. The summed E-state index contributed by atoms with van der Waals surface area (Å²) in [6, 6.07) is 0. The monoisotopic (exact) mass is 250 g/mol. The number of aliphatic hydroxyl groups is 2. The standard InChI is InChI=1S/C6H6Cl4O2/c7-1-2(8)6(12)4(10)3(9)5(1)11/h1-2,5-6,11-12H. The third-order valence-corrected chi connectivity index (χ3v) is 3.76. The molecule has 12 heavy (non-hydrogen) atoms. The van der Waals surface area contributed by atoms with Crippen molar-refractivity contribution in [3.8, 4) is 0 Å². The fourth-order valence-corrected chi connectivity index (χ4v) is 2.06. The Labute approximate surface area is 89.7 Å². The van der Waals surface area contributed by atoms with Gasteiger partial charge in [0.1, 0.15) is 12.2 Å². The molecule has 0 spiro atoms. The topological polar surface area (TPSA) is 40.5 Å². The molecule has 6 heteroatoms. The number of hydrogen-bond donors (Lipinski definition) is 2. The predicted octanol–water partition coefficient (Wildman–Crippen LogP) is 1.63. The predicted molar refractivity (Wildman–Crippen MR) is 50.0 cm³/mol. The molecule has 0 heterocycles. The fraction of sp³-hybridized carbons (Fsp3) is 0.667. The van der Waals surface area contributed by atoms with Crippen molar-refractivity contribution in [3.05, 3.63) is 10.1 Å². The Morgan fingerprint density at radius 1 is 0.833 bits per heavy atom. The van der Waals surface area contributed by atoms with Crippen LogP contribution in [0.2, 0.25) is 0 Å². The maximum atomic E-state index is 9.30. The van der Waals surface area contributed by atoms with Crippen LogP contribution >= 0.6 is 46.4 Å². The van der Waals surface area contributed by atoms with Gasteiger partial charge in [0.2, 0.25) is 0 Å². The van der Waals surface area contributed by atoms with Gasteiger partial charge in [-0.25, -0.2) is 0 Å². The Morgan fingerprint density at radius 3 is 1.33 bits per heavy atom. The van der Waals surface area contributed by atoms with Crippen LogP contribution in [0.15, 0.2) is 10.1 Å². The van der Waals surface area contributed by atoms with Gasteiger partial charge in [-0.1, -0.05) is 23.2 Å². The zero-order valence-corrected chi connectivity index (χ0v) is 8.74. The van der Waals surface area contributed by atoms with Gasteiger partial charge in [0.25, 0.3) is 0 Å². The molecule has 2 N–H and O–H groups in total. The molecular weight excluding hydrogens is 246 g/mol. The van der Waals surface area contributed by atoms with E-state index in [1.165, 1.54) is 0 Å². The van der Waals surface area contributed by atoms with E-state index in [0.29, 0.717) is 0 Å². The summed E-state index contributed by atoms with van der Waals surface area (Å²) in [6.45, 7) is 0. The minimum atomic E-state index is -1.10. The molecule has 4 atom stereocenters. The van der Waals surface area contributed by atoms with Crippen molar-refractivity contribution in [1.29, 1.82) is 0 Å². The molecule has 2 nitrogen and oxygen atoms in total. The van der Waals surface area contributed by atoms with Crippen molar-refractivity contribution in [2.45, 2.75) is 23.0 Å². The van der Waals surface area contributed by atoms with Crippen LogP contribution in [0.25, 0.3) is 0 Å². The van der Waals surface area contributed by atoms with Gasteiger partial charge in [-0.05, 0) is 0 Å². The van der Waals surface area contributed by atoms with Gasteiger partial charge in [0, 0.05) is 0 Å². The second-order valence-corrected chi connectivity index (χ2v) is 4.30. The van der Waals surface area contributed by atoms with E-state index in [4.69, 9.17) is 46.4 Å². The third-order valence-electron chi connectivity index (χ3n) is 1.65. The maximum Gasteiger partial charge on any atom is 0.109 e. The Bertz CT molecular complexity index is 196. The number of hydrogen-bond acceptors (Lipinski definition) is 2. The van der Waals surface area contributed by atoms with Crippen LogP contribution in [0.3, 0.4) is 0 Å². The number of aliphatic hydroxyl groups excluding tert-OH is 2. The second-order valence-electron chi connectivity index (χ2n) is 2.47. The molecule has 0 fully saturated rings. The van der Waals surface area contributed by atoms with Gasteiger partial charge in [-0.15, -0.1) is 23.2 Å². The van der Waals surface area contributed by atoms with Crippen molar-refractivity contribution >= 4 is 46.4 Å². The summed E-state index contributed by atoms with van der Waals surface area (Å²) in [5, 5.41) is 16.9. The van der Waals surface area contributed by atoms with Gasteiger partial charge >= 0.3 is 0 Å². The summed E-state index contributed by atoms with van der Waals surface area (Å²) in [5.41, 5.74) is 0. The summed E-state index contributed by atoms with van der Waals surface area (Å²) in [7, 11) is 0. The van der Waals surface area contributed by atoms with Crippen molar-refractivity contribution in [1.82, 2.24) is 0 Å². The highest BCUT2D eigenvalue weighted by Gasteiger charge is 2.40. The molecule has 0 saturated heterocycles. The van der Waals surface area contributed by atoms with Crippen molar-refractivity contribution in [3.63, 3.8) is 0 Å². The molecule has 0 bridgehead atoms. The van der Waals surface area contributed by atoms with E-state index >= 15 is 0 Å². The van der Waals surface area contributed by atoms with Crippen LogP contribution in [-0.4, -0.2) is 33.2 Å². The number of rotatable bonds is 0. The zero-order chi connectivity index (χ0) is 9.46. The minimum absolute atomic E-state index is 0.0407. The zero-order valence-electron chi connectivity index (χ0n) is 5.72. The molecule has 1 rings (SSSR count). The molecular formula is C6H6Cl4O2. The van der Waals surface area contributed by atoms with E-state index in [1.54, 1.807) is 0 Å². The van der Waals surface area contributed by atoms with Gasteiger partial charge in [-0.2, -0.15) is 0 Å². The summed E-state index contributed by atoms with van der Waals surface area (Å²) in [5.74, 6) is 0. The van der Waals surface area contributed by atoms with E-state index in [9.17, 15) is 10.2 Å². The minimum Gasteiger partial charge on any atom is -0.386 e. The summed E-state index contributed by atoms with van der Waals surface area (Å²) in [4.78, 5) is 0. The normalized spacial score (nSPS) is 43.5. The smallest absolute Gasteiger partial charge is 0.109 e. The molecule has 1 aliphatic carbocycles. The molecule has 0 radical (unpaired) electrons. The number of alkyl halides is 2. The first-order chi connectivity index (χ1) is 5.46. The average molecular weight is 252 g/mol. The van der Waals surface area contributed by atoms with E-state index in [-0.39, 0.29) is 10.1 Å². The van der Waals surface area contributed by atoms with E-state index in [0.717, 1.165) is 0 Å². The van der Waals surface area contributed by atoms with Crippen LogP contribution in [0, 0.1) is 0 Å². The van der Waals surface area contributed by atoms with E-state index in [2.05, 4.69) is 0 Å². The first-order valence-electron chi connectivity index (χ1n) is 3.16. The summed E-state index contributed by atoms with van der Waals surface area (Å²) < 4.78 is 0. The van der Waals surface area contributed by atoms with Crippen LogP contribution in [0.5, 0.6) is 0 Å². The molecule has 0 saturated carbocycles. The highest BCUT2D eigenvalue weighted by Crippen LogP contribution is 2.36. The summed E-state index contributed by atoms with van der Waals surface area (Å²) >= 11 is 22.4. The lowest BCUT2D eigenvalue weighted by Crippen LogP contribution is -2.43. The lowest BCUT2D eigenvalue weighted by molar-refractivity contribution is 0.146. The maximum absolute atomic E-state index is 9.30. The fourth-order valence-electron chi connectivity index (χ4n) is 0.910. The molecule has 0 amide bonds. The molecule has 70 valence electrons. The molecule has 0 aliphatic heterocycles. The lowest BCUT2D eigenvalue weighted by Gasteiger charge is -2.31. The van der Waals surface area contributed by atoms with Crippen molar-refractivity contribution in [2.24, 2.45) is 0 Å². The Balaban J connectivity index is 3.00. The van der Waals surface area contributed by atoms with Gasteiger partial charge < -0.3 is 10.2 Å². The Hall–Kier alpha value is 0.820. The first-order valence-corrected chi connectivity index (χ1v) is 4.79. The molecule has 1 aliphatic rings. The largest absolute Gasteiger partial charge is 0.386 e. The van der Waals surface area contributed by atoms with Crippen molar-refractivity contribution < 1.29 is 10.2 Å². The van der Waals surface area contributed by atoms with E-state index < -0.39 is 23.0 Å². The van der Waals surface area contributed by atoms with Gasteiger partial charge in [-0.3, -0.25) is 0 Å². The summed E-state index contributed by atoms with van der Waals surface area (Å²) in [6.07, 6.45) is -2.21. The van der Waals surface area contributed by atoms with Crippen LogP contribution in [0.4, 0.5) is 0 Å². The van der Waals surface area contributed by atoms with Crippen LogP contribution < -0.4 is 0 Å². The Morgan fingerprint density at radius 2 is 1.08 bits per heavy atom.